The minimum Gasteiger partial charge on any atom is -0.493 e. The van der Waals surface area contributed by atoms with Crippen molar-refractivity contribution in [3.05, 3.63) is 118 Å². The van der Waals surface area contributed by atoms with Gasteiger partial charge in [-0.3, -0.25) is 9.78 Å². The number of aromatic hydroxyl groups is 1. The van der Waals surface area contributed by atoms with Crippen molar-refractivity contribution in [1.82, 2.24) is 49.0 Å². The molecule has 7 heterocycles. The van der Waals surface area contributed by atoms with Gasteiger partial charge in [-0.2, -0.15) is 10.2 Å². The molecule has 0 bridgehead atoms. The van der Waals surface area contributed by atoms with Crippen molar-refractivity contribution >= 4 is 52.2 Å². The minimum atomic E-state index is -0.483. The SMILES string of the molecule is CN1CCN(c2ccc(N=c3ccn4ncc(=Cc5[nH]c(=O)[nH]c5O)c4n3)cc2)CC1.CN1CCN(c2ccc(Nc3ccn4ncc(C=O)c4n3)cc2)CC1. The van der Waals surface area contributed by atoms with E-state index in [-0.39, 0.29) is 11.6 Å². The Labute approximate surface area is 320 Å². The molecule has 0 spiro atoms. The minimum absolute atomic E-state index is 0.231. The van der Waals surface area contributed by atoms with Crippen molar-refractivity contribution in [3.8, 4) is 5.88 Å². The number of H-pyrrole nitrogens is 2. The number of nitrogens with one attached hydrogen (secondary N) is 3. The Hall–Kier alpha value is -6.85. The molecule has 56 heavy (non-hydrogen) atoms. The van der Waals surface area contributed by atoms with E-state index in [1.165, 1.54) is 17.6 Å². The summed E-state index contributed by atoms with van der Waals surface area (Å²) in [5.41, 5.74) is 6.13. The summed E-state index contributed by atoms with van der Waals surface area (Å²) in [4.78, 5) is 50.3. The molecule has 17 nitrogen and oxygen atoms in total. The van der Waals surface area contributed by atoms with Gasteiger partial charge in [0.15, 0.2) is 23.1 Å². The smallest absolute Gasteiger partial charge is 0.326 e. The Morgan fingerprint density at radius 3 is 1.96 bits per heavy atom. The number of rotatable bonds is 7. The van der Waals surface area contributed by atoms with E-state index >= 15 is 0 Å². The molecule has 2 aromatic carbocycles. The molecular weight excluding hydrogens is 713 g/mol. The molecule has 0 unspecified atom stereocenters. The lowest BCUT2D eigenvalue weighted by Gasteiger charge is -2.34. The van der Waals surface area contributed by atoms with Gasteiger partial charge in [0.25, 0.3) is 0 Å². The third-order valence-electron chi connectivity index (χ3n) is 9.91. The van der Waals surface area contributed by atoms with Gasteiger partial charge in [-0.25, -0.2) is 28.8 Å². The summed E-state index contributed by atoms with van der Waals surface area (Å²) < 4.78 is 3.20. The fourth-order valence-corrected chi connectivity index (χ4v) is 6.63. The van der Waals surface area contributed by atoms with Gasteiger partial charge in [0, 0.05) is 93.1 Å². The van der Waals surface area contributed by atoms with Crippen molar-refractivity contribution in [2.45, 2.75) is 0 Å². The van der Waals surface area contributed by atoms with Gasteiger partial charge in [-0.1, -0.05) is 0 Å². The van der Waals surface area contributed by atoms with Crippen LogP contribution in [-0.4, -0.2) is 127 Å². The molecule has 2 fully saturated rings. The highest BCUT2D eigenvalue weighted by Gasteiger charge is 2.15. The number of benzene rings is 2. The zero-order chi connectivity index (χ0) is 38.6. The summed E-state index contributed by atoms with van der Waals surface area (Å²) in [6.45, 7) is 8.46. The average molecular weight is 755 g/mol. The van der Waals surface area contributed by atoms with E-state index in [4.69, 9.17) is 0 Å². The first kappa shape index (κ1) is 36.1. The highest BCUT2D eigenvalue weighted by atomic mass is 16.3. The second-order valence-electron chi connectivity index (χ2n) is 13.8. The maximum absolute atomic E-state index is 11.4. The number of nitrogens with zero attached hydrogens (tertiary/aromatic N) is 11. The van der Waals surface area contributed by atoms with Crippen LogP contribution in [0.25, 0.3) is 17.4 Å². The van der Waals surface area contributed by atoms with E-state index in [9.17, 15) is 14.7 Å². The third kappa shape index (κ3) is 8.13. The summed E-state index contributed by atoms with van der Waals surface area (Å²) in [6.07, 6.45) is 9.07. The molecule has 17 heteroatoms. The van der Waals surface area contributed by atoms with Crippen molar-refractivity contribution in [1.29, 1.82) is 0 Å². The number of hydrogen-bond acceptors (Lipinski definition) is 13. The Balaban J connectivity index is 0.000000161. The molecule has 0 radical (unpaired) electrons. The van der Waals surface area contributed by atoms with Crippen LogP contribution in [0.15, 0.2) is 95.2 Å². The molecule has 2 aliphatic heterocycles. The average Bonchev–Trinajstić information content (AvgIpc) is 3.91. The highest BCUT2D eigenvalue weighted by Crippen LogP contribution is 2.23. The van der Waals surface area contributed by atoms with E-state index in [1.807, 2.05) is 18.2 Å². The molecule has 9 rings (SSSR count). The number of carbonyl (C=O) groups excluding carboxylic acids is 1. The lowest BCUT2D eigenvalue weighted by atomic mass is 10.2. The Bertz CT molecular complexity index is 2630. The molecule has 4 N–H and O–H groups in total. The summed E-state index contributed by atoms with van der Waals surface area (Å²) in [5.74, 6) is 0.453. The Morgan fingerprint density at radius 1 is 0.732 bits per heavy atom. The number of piperazine rings is 2. The molecular formula is C39H42N14O3. The molecule has 7 aromatic rings. The molecule has 0 atom stereocenters. The molecule has 0 amide bonds. The number of aldehydes is 1. The van der Waals surface area contributed by atoms with Crippen LogP contribution in [-0.2, 0) is 0 Å². The number of imidazole rings is 1. The molecule has 286 valence electrons. The molecule has 2 aliphatic rings. The topological polar surface area (TPSA) is 184 Å². The number of carbonyl (C=O) groups is 1. The van der Waals surface area contributed by atoms with Crippen molar-refractivity contribution in [3.63, 3.8) is 0 Å². The lowest BCUT2D eigenvalue weighted by Crippen LogP contribution is -2.44. The van der Waals surface area contributed by atoms with Crippen LogP contribution in [0, 0.1) is 0 Å². The Kier molecular flexibility index (Phi) is 10.2. The van der Waals surface area contributed by atoms with Gasteiger partial charge in [0.1, 0.15) is 11.5 Å². The van der Waals surface area contributed by atoms with E-state index in [2.05, 4.69) is 111 Å². The number of anilines is 4. The first-order chi connectivity index (χ1) is 27.3. The van der Waals surface area contributed by atoms with Gasteiger partial charge >= 0.3 is 5.69 Å². The van der Waals surface area contributed by atoms with Crippen LogP contribution in [0.5, 0.6) is 5.88 Å². The van der Waals surface area contributed by atoms with Gasteiger partial charge in [0.05, 0.1) is 23.6 Å². The quantitative estimate of drug-likeness (QED) is 0.174. The van der Waals surface area contributed by atoms with E-state index < -0.39 is 5.69 Å². The van der Waals surface area contributed by atoms with Crippen molar-refractivity contribution in [2.75, 3.05) is 81.6 Å². The highest BCUT2D eigenvalue weighted by molar-refractivity contribution is 5.84. The van der Waals surface area contributed by atoms with E-state index in [1.54, 1.807) is 39.8 Å². The first-order valence-corrected chi connectivity index (χ1v) is 18.3. The molecule has 2 saturated heterocycles. The predicted octanol–water partition coefficient (Wildman–Crippen LogP) is 2.02. The molecule has 5 aromatic heterocycles. The largest absolute Gasteiger partial charge is 0.493 e. The van der Waals surface area contributed by atoms with Gasteiger partial charge in [-0.15, -0.1) is 0 Å². The standard InChI is InChI=1S/C21H22N8O2.C18H20N6O/c1-27-8-10-28(11-9-27)16-4-2-15(3-5-16)23-18-6-7-29-19(25-18)14(13-22-29)12-17-20(30)26-21(31)24-17;1-22-8-10-23(11-9-22)16-4-2-15(3-5-16)20-17-6-7-24-18(21-17)14(13-25)12-19-24/h2-7,12-13,30H,8-11H2,1H3,(H2,24,26,31);2-7,12-13H,8-11H2,1H3,(H,20,21). The zero-order valence-corrected chi connectivity index (χ0v) is 31.1. The van der Waals surface area contributed by atoms with Crippen LogP contribution in [0.3, 0.4) is 0 Å². The van der Waals surface area contributed by atoms with Crippen molar-refractivity contribution < 1.29 is 9.90 Å². The second-order valence-corrected chi connectivity index (χ2v) is 13.8. The molecule has 0 saturated carbocycles. The third-order valence-corrected chi connectivity index (χ3v) is 9.91. The second kappa shape index (κ2) is 15.9. The summed E-state index contributed by atoms with van der Waals surface area (Å²) in [7, 11) is 4.30. The normalized spacial score (nSPS) is 16.0. The fraction of sp³-hybridized carbons (Fsp3) is 0.256. The number of hydrogen-bond donors (Lipinski definition) is 4. The summed E-state index contributed by atoms with van der Waals surface area (Å²) in [5, 5.41) is 22.1. The maximum atomic E-state index is 11.4. The summed E-state index contributed by atoms with van der Waals surface area (Å²) >= 11 is 0. The number of fused-ring (bicyclic) bond motifs is 2. The van der Waals surface area contributed by atoms with Gasteiger partial charge in [0.2, 0.25) is 5.88 Å². The zero-order valence-electron chi connectivity index (χ0n) is 31.1. The number of likely N-dealkylation sites (N-methyl/N-ethyl adjacent to an activating group) is 2. The van der Waals surface area contributed by atoms with Crippen LogP contribution in [0.4, 0.5) is 28.6 Å². The molecule has 0 aliphatic carbocycles. The van der Waals surface area contributed by atoms with Crippen LogP contribution < -0.4 is 31.5 Å². The monoisotopic (exact) mass is 754 g/mol. The Morgan fingerprint density at radius 2 is 1.34 bits per heavy atom. The van der Waals surface area contributed by atoms with E-state index in [0.29, 0.717) is 33.4 Å². The first-order valence-electron chi connectivity index (χ1n) is 18.3. The summed E-state index contributed by atoms with van der Waals surface area (Å²) in [6, 6.07) is 20.1. The van der Waals surface area contributed by atoms with Crippen LogP contribution >= 0.6 is 0 Å². The number of aromatic nitrogens is 8. The van der Waals surface area contributed by atoms with Gasteiger partial charge in [-0.05, 0) is 74.8 Å². The fourth-order valence-electron chi connectivity index (χ4n) is 6.63. The lowest BCUT2D eigenvalue weighted by molar-refractivity contribution is 0.112. The number of aromatic amines is 2. The van der Waals surface area contributed by atoms with E-state index in [0.717, 1.165) is 70.0 Å². The van der Waals surface area contributed by atoms with Crippen LogP contribution in [0.1, 0.15) is 16.1 Å². The predicted molar refractivity (Wildman–Crippen MR) is 214 cm³/mol. The van der Waals surface area contributed by atoms with Crippen LogP contribution in [0.2, 0.25) is 0 Å². The maximum Gasteiger partial charge on any atom is 0.326 e. The van der Waals surface area contributed by atoms with Crippen molar-refractivity contribution in [2.24, 2.45) is 4.99 Å². The van der Waals surface area contributed by atoms with Gasteiger partial charge < -0.3 is 35.0 Å².